The Balaban J connectivity index is 2.18. The molecule has 1 aromatic carbocycles. The molecule has 3 rings (SSSR count). The zero-order valence-electron chi connectivity index (χ0n) is 15.6. The number of fused-ring (bicyclic) bond motifs is 1. The van der Waals surface area contributed by atoms with E-state index < -0.39 is 29.0 Å². The summed E-state index contributed by atoms with van der Waals surface area (Å²) in [6.07, 6.45) is -0.357. The molecule has 1 aliphatic heterocycles. The molecule has 0 N–H and O–H groups in total. The number of nitrogens with zero attached hydrogens (tertiary/aromatic N) is 2. The van der Waals surface area contributed by atoms with Crippen molar-refractivity contribution >= 4 is 12.0 Å². The molecule has 1 aromatic heterocycles. The quantitative estimate of drug-likeness (QED) is 0.754. The van der Waals surface area contributed by atoms with Gasteiger partial charge >= 0.3 is 6.09 Å². The number of amides is 2. The zero-order chi connectivity index (χ0) is 19.9. The second kappa shape index (κ2) is 6.72. The van der Waals surface area contributed by atoms with Crippen LogP contribution >= 0.6 is 0 Å². The molecule has 0 saturated heterocycles. The van der Waals surface area contributed by atoms with Crippen LogP contribution in [0.2, 0.25) is 0 Å². The largest absolute Gasteiger partial charge is 0.452 e. The topological polar surface area (TPSA) is 59.5 Å². The van der Waals surface area contributed by atoms with Gasteiger partial charge < -0.3 is 4.74 Å². The molecule has 0 atom stereocenters. The van der Waals surface area contributed by atoms with Crippen molar-refractivity contribution in [2.45, 2.75) is 32.6 Å². The number of hydrogen-bond donors (Lipinski definition) is 0. The molecule has 2 aromatic rings. The van der Waals surface area contributed by atoms with Crippen molar-refractivity contribution in [2.75, 3.05) is 13.7 Å². The van der Waals surface area contributed by atoms with E-state index >= 15 is 0 Å². The molecule has 5 nitrogen and oxygen atoms in total. The maximum Gasteiger partial charge on any atom is 0.416 e. The molecule has 7 heteroatoms. The van der Waals surface area contributed by atoms with Crippen molar-refractivity contribution in [3.8, 4) is 11.3 Å². The summed E-state index contributed by atoms with van der Waals surface area (Å²) in [5.41, 5.74) is 2.06. The van der Waals surface area contributed by atoms with E-state index in [0.29, 0.717) is 34.5 Å². The smallest absolute Gasteiger partial charge is 0.416 e. The Labute approximate surface area is 156 Å². The van der Waals surface area contributed by atoms with Crippen LogP contribution in [-0.2, 0) is 16.6 Å². The Kier molecular flexibility index (Phi) is 4.71. The molecule has 0 fully saturated rings. The lowest BCUT2D eigenvalue weighted by atomic mass is 9.82. The van der Waals surface area contributed by atoms with Gasteiger partial charge in [0.2, 0.25) is 0 Å². The monoisotopic (exact) mass is 374 g/mol. The molecular formula is C20H20F2N2O3. The maximum absolute atomic E-state index is 13.8. The van der Waals surface area contributed by atoms with E-state index in [-0.39, 0.29) is 6.54 Å². The second-order valence-electron chi connectivity index (χ2n) is 7.43. The number of carbonyl (C=O) groups is 2. The first-order valence-electron chi connectivity index (χ1n) is 8.53. The lowest BCUT2D eigenvalue weighted by molar-refractivity contribution is 0.0690. The number of rotatable bonds is 1. The number of pyridine rings is 1. The Morgan fingerprint density at radius 2 is 1.89 bits per heavy atom. The lowest BCUT2D eigenvalue weighted by Gasteiger charge is -2.29. The average molecular weight is 374 g/mol. The number of carbonyl (C=O) groups excluding carboxylic acids is 2. The number of hydrogen-bond acceptors (Lipinski definition) is 4. The third-order valence-corrected chi connectivity index (χ3v) is 4.55. The summed E-state index contributed by atoms with van der Waals surface area (Å²) in [4.78, 5) is 30.2. The van der Waals surface area contributed by atoms with Crippen molar-refractivity contribution in [1.29, 1.82) is 0 Å². The van der Waals surface area contributed by atoms with Gasteiger partial charge in [-0.2, -0.15) is 0 Å². The van der Waals surface area contributed by atoms with E-state index in [1.54, 1.807) is 6.07 Å². The van der Waals surface area contributed by atoms with Crippen LogP contribution in [0.1, 0.15) is 42.4 Å². The summed E-state index contributed by atoms with van der Waals surface area (Å²) in [7, 11) is 1.22. The molecule has 27 heavy (non-hydrogen) atoms. The van der Waals surface area contributed by atoms with E-state index in [1.165, 1.54) is 13.2 Å². The van der Waals surface area contributed by atoms with Crippen molar-refractivity contribution in [2.24, 2.45) is 0 Å². The Bertz CT molecular complexity index is 936. The molecule has 0 unspecified atom stereocenters. The predicted molar refractivity (Wildman–Crippen MR) is 95.4 cm³/mol. The fraction of sp³-hybridized carbons (Fsp3) is 0.350. The molecular weight excluding hydrogens is 354 g/mol. The van der Waals surface area contributed by atoms with Gasteiger partial charge in [0.25, 0.3) is 5.91 Å². The molecule has 1 aliphatic rings. The Hall–Kier alpha value is -2.83. The van der Waals surface area contributed by atoms with Crippen LogP contribution in [-0.4, -0.2) is 35.5 Å². The molecule has 0 bridgehead atoms. The molecule has 2 heterocycles. The molecule has 0 saturated carbocycles. The van der Waals surface area contributed by atoms with Gasteiger partial charge in [0, 0.05) is 18.5 Å². The molecule has 0 radical (unpaired) electrons. The van der Waals surface area contributed by atoms with Crippen molar-refractivity contribution in [3.63, 3.8) is 0 Å². The highest BCUT2D eigenvalue weighted by Gasteiger charge is 2.33. The number of methoxy groups -OCH3 is 1. The Morgan fingerprint density at radius 1 is 1.19 bits per heavy atom. The van der Waals surface area contributed by atoms with Crippen LogP contribution in [0, 0.1) is 11.6 Å². The summed E-state index contributed by atoms with van der Waals surface area (Å²) in [6, 6.07) is 5.32. The van der Waals surface area contributed by atoms with Crippen LogP contribution in [0.3, 0.4) is 0 Å². The molecule has 0 aliphatic carbocycles. The van der Waals surface area contributed by atoms with Gasteiger partial charge in [-0.3, -0.25) is 9.78 Å². The highest BCUT2D eigenvalue weighted by molar-refractivity contribution is 6.05. The maximum atomic E-state index is 13.8. The van der Waals surface area contributed by atoms with Gasteiger partial charge in [0.1, 0.15) is 0 Å². The fourth-order valence-electron chi connectivity index (χ4n) is 3.11. The highest BCUT2D eigenvalue weighted by atomic mass is 19.2. The second-order valence-corrected chi connectivity index (χ2v) is 7.43. The molecule has 2 amide bonds. The number of aromatic nitrogens is 1. The Morgan fingerprint density at radius 3 is 2.48 bits per heavy atom. The summed E-state index contributed by atoms with van der Waals surface area (Å²) in [6.45, 7) is 5.96. The average Bonchev–Trinajstić information content (AvgIpc) is 2.62. The van der Waals surface area contributed by atoms with E-state index in [9.17, 15) is 18.4 Å². The number of benzene rings is 1. The SMILES string of the molecule is COC(=O)N1CCc2nc(-c3ccc(F)c(F)c3)c(C(C)(C)C)cc2C1=O. The summed E-state index contributed by atoms with van der Waals surface area (Å²) in [5, 5.41) is 0. The fourth-order valence-corrected chi connectivity index (χ4v) is 3.11. The predicted octanol–water partition coefficient (Wildman–Crippen LogP) is 4.09. The highest BCUT2D eigenvalue weighted by Crippen LogP contribution is 2.35. The first-order chi connectivity index (χ1) is 12.6. The van der Waals surface area contributed by atoms with Gasteiger partial charge in [-0.1, -0.05) is 20.8 Å². The minimum Gasteiger partial charge on any atom is -0.452 e. The van der Waals surface area contributed by atoms with Crippen molar-refractivity contribution < 1.29 is 23.1 Å². The van der Waals surface area contributed by atoms with Gasteiger partial charge in [0.15, 0.2) is 11.6 Å². The van der Waals surface area contributed by atoms with E-state index in [4.69, 9.17) is 0 Å². The standard InChI is InChI=1S/C20H20F2N2O3/c1-20(2,3)13-10-12-16(7-8-24(18(12)25)19(26)27-4)23-17(13)11-5-6-14(21)15(22)9-11/h5-6,9-10H,7-8H2,1-4H3. The summed E-state index contributed by atoms with van der Waals surface area (Å²) in [5.74, 6) is -2.37. The van der Waals surface area contributed by atoms with Gasteiger partial charge in [-0.25, -0.2) is 18.5 Å². The van der Waals surface area contributed by atoms with Gasteiger partial charge in [-0.15, -0.1) is 0 Å². The van der Waals surface area contributed by atoms with Crippen molar-refractivity contribution in [3.05, 3.63) is 52.7 Å². The first kappa shape index (κ1) is 18.9. The minimum absolute atomic E-state index is 0.150. The van der Waals surface area contributed by atoms with Crippen LogP contribution in [0.5, 0.6) is 0 Å². The summed E-state index contributed by atoms with van der Waals surface area (Å²) < 4.78 is 31.8. The third-order valence-electron chi connectivity index (χ3n) is 4.55. The number of ether oxygens (including phenoxy) is 1. The van der Waals surface area contributed by atoms with Crippen LogP contribution in [0.4, 0.5) is 13.6 Å². The van der Waals surface area contributed by atoms with Crippen LogP contribution in [0.15, 0.2) is 24.3 Å². The van der Waals surface area contributed by atoms with E-state index in [0.717, 1.165) is 17.0 Å². The van der Waals surface area contributed by atoms with Crippen molar-refractivity contribution in [1.82, 2.24) is 9.88 Å². The normalized spacial score (nSPS) is 14.1. The van der Waals surface area contributed by atoms with Gasteiger partial charge in [0.05, 0.1) is 24.1 Å². The number of imide groups is 1. The zero-order valence-corrected chi connectivity index (χ0v) is 15.6. The minimum atomic E-state index is -0.958. The number of halogens is 2. The van der Waals surface area contributed by atoms with E-state index in [1.807, 2.05) is 20.8 Å². The summed E-state index contributed by atoms with van der Waals surface area (Å²) >= 11 is 0. The van der Waals surface area contributed by atoms with Gasteiger partial charge in [-0.05, 0) is 35.2 Å². The van der Waals surface area contributed by atoms with E-state index in [2.05, 4.69) is 9.72 Å². The van der Waals surface area contributed by atoms with Crippen LogP contribution in [0.25, 0.3) is 11.3 Å². The third kappa shape index (κ3) is 3.41. The lowest BCUT2D eigenvalue weighted by Crippen LogP contribution is -2.42. The molecule has 0 spiro atoms. The molecule has 142 valence electrons. The first-order valence-corrected chi connectivity index (χ1v) is 8.53. The van der Waals surface area contributed by atoms with Crippen LogP contribution < -0.4 is 0 Å².